The fourth-order valence-electron chi connectivity index (χ4n) is 4.62. The van der Waals surface area contributed by atoms with Gasteiger partial charge in [-0.2, -0.15) is 4.98 Å². The average molecular weight is 526 g/mol. The lowest BCUT2D eigenvalue weighted by Gasteiger charge is -2.15. The van der Waals surface area contributed by atoms with Crippen molar-refractivity contribution in [2.45, 2.75) is 25.9 Å². The van der Waals surface area contributed by atoms with Crippen molar-refractivity contribution in [2.75, 3.05) is 18.5 Å². The highest BCUT2D eigenvalue weighted by molar-refractivity contribution is 6.33. The van der Waals surface area contributed by atoms with E-state index in [1.165, 1.54) is 0 Å². The highest BCUT2D eigenvalue weighted by Gasteiger charge is 2.19. The molecule has 10 heteroatoms. The molecule has 190 valence electrons. The predicted molar refractivity (Wildman–Crippen MR) is 146 cm³/mol. The number of benzene rings is 1. The summed E-state index contributed by atoms with van der Waals surface area (Å²) < 4.78 is 7.08. The molecule has 0 saturated carbocycles. The molecule has 0 unspecified atom stereocenters. The van der Waals surface area contributed by atoms with E-state index >= 15 is 0 Å². The monoisotopic (exact) mass is 525 g/mol. The van der Waals surface area contributed by atoms with Gasteiger partial charge in [0.2, 0.25) is 5.95 Å². The number of hydrogen-bond donors (Lipinski definition) is 1. The molecule has 0 amide bonds. The summed E-state index contributed by atoms with van der Waals surface area (Å²) in [6.45, 7) is 3.45. The van der Waals surface area contributed by atoms with Gasteiger partial charge < -0.3 is 10.1 Å². The summed E-state index contributed by atoms with van der Waals surface area (Å²) in [4.78, 5) is 36.4. The number of fused-ring (bicyclic) bond motifs is 1. The fraction of sp³-hybridized carbons (Fsp3) is 0.214. The smallest absolute Gasteiger partial charge is 0.260 e. The maximum Gasteiger partial charge on any atom is 0.260 e. The molecule has 1 fully saturated rings. The van der Waals surface area contributed by atoms with Gasteiger partial charge in [-0.3, -0.25) is 24.3 Å². The molecule has 0 aliphatic carbocycles. The van der Waals surface area contributed by atoms with Crippen molar-refractivity contribution in [3.63, 3.8) is 0 Å². The van der Waals surface area contributed by atoms with Gasteiger partial charge in [0.15, 0.2) is 0 Å². The van der Waals surface area contributed by atoms with Gasteiger partial charge in [0.1, 0.15) is 5.65 Å². The largest absolute Gasteiger partial charge is 0.379 e. The van der Waals surface area contributed by atoms with Crippen LogP contribution in [0.5, 0.6) is 0 Å². The minimum atomic E-state index is -0.220. The fourth-order valence-corrected chi connectivity index (χ4v) is 4.91. The third kappa shape index (κ3) is 4.73. The zero-order valence-corrected chi connectivity index (χ0v) is 21.4. The summed E-state index contributed by atoms with van der Waals surface area (Å²) in [6, 6.07) is 13.1. The highest BCUT2D eigenvalue weighted by atomic mass is 35.5. The zero-order chi connectivity index (χ0) is 26.1. The molecule has 9 nitrogen and oxygen atoms in total. The van der Waals surface area contributed by atoms with Crippen molar-refractivity contribution in [1.29, 1.82) is 0 Å². The van der Waals surface area contributed by atoms with Gasteiger partial charge in [0.05, 0.1) is 36.3 Å². The van der Waals surface area contributed by atoms with Crippen molar-refractivity contribution >= 4 is 28.6 Å². The Kier molecular flexibility index (Phi) is 6.53. The molecular weight excluding hydrogens is 502 g/mol. The van der Waals surface area contributed by atoms with Gasteiger partial charge in [-0.05, 0) is 37.6 Å². The number of nitrogens with one attached hydrogen (secondary N) is 1. The third-order valence-corrected chi connectivity index (χ3v) is 6.86. The number of aryl methyl sites for hydroxylation is 1. The van der Waals surface area contributed by atoms with Crippen LogP contribution in [-0.2, 0) is 11.3 Å². The Morgan fingerprint density at radius 3 is 2.71 bits per heavy atom. The molecule has 0 radical (unpaired) electrons. The van der Waals surface area contributed by atoms with Gasteiger partial charge in [-0.1, -0.05) is 29.8 Å². The topological polar surface area (TPSA) is 108 Å². The molecule has 5 aromatic rings. The van der Waals surface area contributed by atoms with Crippen molar-refractivity contribution in [3.05, 3.63) is 94.0 Å². The van der Waals surface area contributed by atoms with Crippen LogP contribution in [0.15, 0.2) is 72.0 Å². The Morgan fingerprint density at radius 2 is 1.95 bits per heavy atom. The molecule has 4 aromatic heterocycles. The Morgan fingerprint density at radius 1 is 1.05 bits per heavy atom. The Hall–Kier alpha value is -4.21. The van der Waals surface area contributed by atoms with E-state index in [-0.39, 0.29) is 18.1 Å². The second kappa shape index (κ2) is 10.3. The summed E-state index contributed by atoms with van der Waals surface area (Å²) in [7, 11) is 0. The highest BCUT2D eigenvalue weighted by Crippen LogP contribution is 2.32. The molecule has 1 aliphatic rings. The molecular formula is C28H24ClN7O2. The van der Waals surface area contributed by atoms with Crippen LogP contribution in [0.3, 0.4) is 0 Å². The minimum Gasteiger partial charge on any atom is -0.379 e. The van der Waals surface area contributed by atoms with E-state index in [0.717, 1.165) is 29.1 Å². The number of nitrogens with zero attached hydrogens (tertiary/aromatic N) is 6. The molecule has 1 aromatic carbocycles. The first-order chi connectivity index (χ1) is 18.6. The molecule has 1 saturated heterocycles. The van der Waals surface area contributed by atoms with E-state index in [9.17, 15) is 4.79 Å². The number of ether oxygens (including phenoxy) is 1. The first-order valence-corrected chi connectivity index (χ1v) is 12.7. The molecule has 1 atom stereocenters. The summed E-state index contributed by atoms with van der Waals surface area (Å²) in [5, 5.41) is 4.47. The Labute approximate surface area is 223 Å². The third-order valence-electron chi connectivity index (χ3n) is 6.55. The summed E-state index contributed by atoms with van der Waals surface area (Å²) in [5.74, 6) is 0.455. The van der Waals surface area contributed by atoms with Crippen LogP contribution in [0.2, 0.25) is 5.02 Å². The van der Waals surface area contributed by atoms with E-state index in [4.69, 9.17) is 21.3 Å². The number of aromatic nitrogens is 6. The van der Waals surface area contributed by atoms with Crippen molar-refractivity contribution < 1.29 is 4.74 Å². The van der Waals surface area contributed by atoms with Crippen LogP contribution in [0.1, 0.15) is 17.8 Å². The molecule has 38 heavy (non-hydrogen) atoms. The van der Waals surface area contributed by atoms with Crippen LogP contribution >= 0.6 is 11.6 Å². The molecule has 1 aliphatic heterocycles. The number of halogens is 1. The molecule has 0 bridgehead atoms. The lowest BCUT2D eigenvalue weighted by molar-refractivity contribution is 0.195. The first-order valence-electron chi connectivity index (χ1n) is 12.3. The second-order valence-electron chi connectivity index (χ2n) is 9.13. The molecule has 1 N–H and O–H groups in total. The standard InChI is InChI=1S/C28H24ClN7O2/c1-17-25(32-10-9-30-17)18-5-6-22(24(29)13-18)23-12-19-14-33-28(34-21-7-11-38-16-21)35-26(19)36(27(23)37)15-20-4-2-3-8-31-20/h2-6,8-10,12-14,21H,7,11,15-16H2,1H3,(H,33,34,35)/t21-/m0/s1. The van der Waals surface area contributed by atoms with E-state index < -0.39 is 0 Å². The van der Waals surface area contributed by atoms with E-state index in [2.05, 4.69) is 25.3 Å². The van der Waals surface area contributed by atoms with Gasteiger partial charge in [-0.25, -0.2) is 4.98 Å². The average Bonchev–Trinajstić information content (AvgIpc) is 3.44. The Balaban J connectivity index is 1.47. The van der Waals surface area contributed by atoms with Crippen molar-refractivity contribution in [2.24, 2.45) is 0 Å². The maximum absolute atomic E-state index is 14.0. The van der Waals surface area contributed by atoms with E-state index in [1.807, 2.05) is 43.3 Å². The second-order valence-corrected chi connectivity index (χ2v) is 9.54. The van der Waals surface area contributed by atoms with Crippen LogP contribution < -0.4 is 10.9 Å². The number of anilines is 1. The number of hydrogen-bond acceptors (Lipinski definition) is 8. The molecule has 6 rings (SSSR count). The van der Waals surface area contributed by atoms with E-state index in [1.54, 1.807) is 35.4 Å². The van der Waals surface area contributed by atoms with Gasteiger partial charge in [0, 0.05) is 58.5 Å². The van der Waals surface area contributed by atoms with E-state index in [0.29, 0.717) is 46.3 Å². The Bertz CT molecular complexity index is 1680. The molecule has 5 heterocycles. The summed E-state index contributed by atoms with van der Waals surface area (Å²) in [6.07, 6.45) is 7.61. The van der Waals surface area contributed by atoms with Crippen LogP contribution in [0, 0.1) is 6.92 Å². The van der Waals surface area contributed by atoms with Crippen molar-refractivity contribution in [3.8, 4) is 22.4 Å². The van der Waals surface area contributed by atoms with Gasteiger partial charge in [0.25, 0.3) is 5.56 Å². The van der Waals surface area contributed by atoms with Crippen LogP contribution in [0.4, 0.5) is 5.95 Å². The lowest BCUT2D eigenvalue weighted by Crippen LogP contribution is -2.25. The minimum absolute atomic E-state index is 0.137. The first kappa shape index (κ1) is 24.1. The normalized spacial score (nSPS) is 15.2. The number of rotatable bonds is 6. The predicted octanol–water partition coefficient (Wildman–Crippen LogP) is 4.52. The molecule has 0 spiro atoms. The van der Waals surface area contributed by atoms with Crippen LogP contribution in [-0.4, -0.2) is 48.7 Å². The summed E-state index contributed by atoms with van der Waals surface area (Å²) >= 11 is 6.76. The van der Waals surface area contributed by atoms with Gasteiger partial charge >= 0.3 is 0 Å². The van der Waals surface area contributed by atoms with Crippen LogP contribution in [0.25, 0.3) is 33.4 Å². The SMILES string of the molecule is Cc1nccnc1-c1ccc(-c2cc3cnc(N[C@H]4CCOC4)nc3n(Cc3ccccn3)c2=O)c(Cl)c1. The zero-order valence-electron chi connectivity index (χ0n) is 20.6. The number of pyridine rings is 2. The maximum atomic E-state index is 14.0. The summed E-state index contributed by atoms with van der Waals surface area (Å²) in [5.41, 5.74) is 4.47. The lowest BCUT2D eigenvalue weighted by atomic mass is 10.0. The van der Waals surface area contributed by atoms with Gasteiger partial charge in [-0.15, -0.1) is 0 Å². The van der Waals surface area contributed by atoms with Crippen molar-refractivity contribution in [1.82, 2.24) is 29.5 Å². The quantitative estimate of drug-likeness (QED) is 0.345.